The molecule has 0 aliphatic rings. The summed E-state index contributed by atoms with van der Waals surface area (Å²) in [5, 5.41) is 9.02. The number of hydrogen-bond donors (Lipinski definition) is 0. The van der Waals surface area contributed by atoms with Gasteiger partial charge in [0, 0.05) is 5.57 Å². The lowest BCUT2D eigenvalue weighted by Gasteiger charge is -2.07. The fourth-order valence-corrected chi connectivity index (χ4v) is 1.57. The molecule has 0 aromatic rings. The van der Waals surface area contributed by atoms with Crippen molar-refractivity contribution in [2.24, 2.45) is 0 Å². The van der Waals surface area contributed by atoms with Crippen molar-refractivity contribution in [2.45, 2.75) is 52.4 Å². The van der Waals surface area contributed by atoms with Crippen LogP contribution < -0.4 is 0 Å². The van der Waals surface area contributed by atoms with E-state index >= 15 is 0 Å². The van der Waals surface area contributed by atoms with Crippen molar-refractivity contribution < 1.29 is 0 Å². The van der Waals surface area contributed by atoms with E-state index < -0.39 is 0 Å². The molecule has 0 N–H and O–H groups in total. The summed E-state index contributed by atoms with van der Waals surface area (Å²) in [4.78, 5) is 0. The van der Waals surface area contributed by atoms with Gasteiger partial charge in [0.05, 0.1) is 6.07 Å². The van der Waals surface area contributed by atoms with Crippen molar-refractivity contribution in [3.8, 4) is 6.07 Å². The SMILES string of the molecule is C=CCC/C(CCC)=C(\C#N)CCC. The zero-order chi connectivity index (χ0) is 10.8. The van der Waals surface area contributed by atoms with E-state index in [-0.39, 0.29) is 0 Å². The molecule has 0 fully saturated rings. The van der Waals surface area contributed by atoms with Gasteiger partial charge < -0.3 is 0 Å². The molecule has 0 atom stereocenters. The summed E-state index contributed by atoms with van der Waals surface area (Å²) in [5.41, 5.74) is 2.35. The smallest absolute Gasteiger partial charge is 0.0946 e. The van der Waals surface area contributed by atoms with Gasteiger partial charge in [-0.3, -0.25) is 0 Å². The second-order valence-electron chi connectivity index (χ2n) is 3.52. The van der Waals surface area contributed by atoms with Gasteiger partial charge in [-0.25, -0.2) is 0 Å². The average Bonchev–Trinajstić information content (AvgIpc) is 2.21. The van der Waals surface area contributed by atoms with Crippen LogP contribution in [0.5, 0.6) is 0 Å². The van der Waals surface area contributed by atoms with Crippen LogP contribution in [-0.4, -0.2) is 0 Å². The Bertz CT molecular complexity index is 230. The van der Waals surface area contributed by atoms with Crippen LogP contribution in [-0.2, 0) is 0 Å². The summed E-state index contributed by atoms with van der Waals surface area (Å²) < 4.78 is 0. The largest absolute Gasteiger partial charge is 0.193 e. The summed E-state index contributed by atoms with van der Waals surface area (Å²) in [5.74, 6) is 0. The second-order valence-corrected chi connectivity index (χ2v) is 3.52. The highest BCUT2D eigenvalue weighted by Gasteiger charge is 2.04. The maximum atomic E-state index is 9.02. The Morgan fingerprint density at radius 2 is 1.86 bits per heavy atom. The van der Waals surface area contributed by atoms with Gasteiger partial charge in [-0.2, -0.15) is 5.26 Å². The van der Waals surface area contributed by atoms with E-state index in [1.165, 1.54) is 5.57 Å². The Morgan fingerprint density at radius 3 is 2.29 bits per heavy atom. The third-order valence-corrected chi connectivity index (χ3v) is 2.26. The molecule has 0 aliphatic heterocycles. The van der Waals surface area contributed by atoms with Crippen molar-refractivity contribution in [2.75, 3.05) is 0 Å². The third kappa shape index (κ3) is 4.87. The zero-order valence-corrected chi connectivity index (χ0v) is 9.47. The first kappa shape index (κ1) is 13.0. The lowest BCUT2D eigenvalue weighted by atomic mass is 9.97. The van der Waals surface area contributed by atoms with Crippen LogP contribution >= 0.6 is 0 Å². The predicted molar refractivity (Wildman–Crippen MR) is 61.9 cm³/mol. The van der Waals surface area contributed by atoms with Crippen LogP contribution in [0.2, 0.25) is 0 Å². The molecule has 0 aromatic heterocycles. The van der Waals surface area contributed by atoms with E-state index in [9.17, 15) is 0 Å². The minimum Gasteiger partial charge on any atom is -0.193 e. The van der Waals surface area contributed by atoms with E-state index in [0.29, 0.717) is 0 Å². The van der Waals surface area contributed by atoms with Gasteiger partial charge in [0.25, 0.3) is 0 Å². The molecule has 1 nitrogen and oxygen atoms in total. The highest BCUT2D eigenvalue weighted by molar-refractivity contribution is 5.28. The lowest BCUT2D eigenvalue weighted by Crippen LogP contribution is -1.91. The molecule has 0 bridgehead atoms. The molecule has 0 heterocycles. The second kappa shape index (κ2) is 8.56. The van der Waals surface area contributed by atoms with Crippen molar-refractivity contribution in [3.63, 3.8) is 0 Å². The Morgan fingerprint density at radius 1 is 1.21 bits per heavy atom. The van der Waals surface area contributed by atoms with Crippen LogP contribution in [0.1, 0.15) is 52.4 Å². The normalized spacial score (nSPS) is 11.8. The molecule has 0 aliphatic carbocycles. The molecule has 0 amide bonds. The van der Waals surface area contributed by atoms with Crippen LogP contribution in [0.4, 0.5) is 0 Å². The van der Waals surface area contributed by atoms with Gasteiger partial charge in [-0.1, -0.05) is 38.3 Å². The first-order chi connectivity index (χ1) is 6.79. The molecule has 0 saturated heterocycles. The monoisotopic (exact) mass is 191 g/mol. The van der Waals surface area contributed by atoms with Crippen LogP contribution in [0.3, 0.4) is 0 Å². The van der Waals surface area contributed by atoms with Crippen molar-refractivity contribution in [1.29, 1.82) is 5.26 Å². The van der Waals surface area contributed by atoms with Crippen molar-refractivity contribution in [1.82, 2.24) is 0 Å². The quantitative estimate of drug-likeness (QED) is 0.433. The predicted octanol–water partition coefficient (Wildman–Crippen LogP) is 4.37. The van der Waals surface area contributed by atoms with E-state index in [2.05, 4.69) is 26.5 Å². The number of rotatable bonds is 7. The van der Waals surface area contributed by atoms with Crippen LogP contribution in [0.25, 0.3) is 0 Å². The van der Waals surface area contributed by atoms with E-state index in [4.69, 9.17) is 5.26 Å². The Kier molecular flexibility index (Phi) is 7.93. The molecule has 0 aromatic carbocycles. The average molecular weight is 191 g/mol. The number of nitriles is 1. The lowest BCUT2D eigenvalue weighted by molar-refractivity contribution is 0.795. The molecular formula is C13H21N. The standard InChI is InChI=1S/C13H21N/c1-4-7-10-12(8-5-2)13(11-14)9-6-3/h4H,1,5-10H2,2-3H3/b13-12-. The fraction of sp³-hybridized carbons (Fsp3) is 0.615. The van der Waals surface area contributed by atoms with Gasteiger partial charge >= 0.3 is 0 Å². The fourth-order valence-electron chi connectivity index (χ4n) is 1.57. The maximum Gasteiger partial charge on any atom is 0.0946 e. The van der Waals surface area contributed by atoms with Gasteiger partial charge in [0.15, 0.2) is 0 Å². The maximum absolute atomic E-state index is 9.02. The number of allylic oxidation sites excluding steroid dienone is 3. The Hall–Kier alpha value is -1.03. The molecule has 0 rings (SSSR count). The minimum absolute atomic E-state index is 0.934. The van der Waals surface area contributed by atoms with Gasteiger partial charge in [0.1, 0.15) is 0 Å². The third-order valence-electron chi connectivity index (χ3n) is 2.26. The topological polar surface area (TPSA) is 23.8 Å². The summed E-state index contributed by atoms with van der Waals surface area (Å²) in [6.45, 7) is 8.00. The summed E-state index contributed by atoms with van der Waals surface area (Å²) in [6.07, 6.45) is 8.12. The molecule has 0 unspecified atom stereocenters. The Balaban J connectivity index is 4.52. The minimum atomic E-state index is 0.934. The molecular weight excluding hydrogens is 170 g/mol. The molecule has 78 valence electrons. The number of nitrogens with zero attached hydrogens (tertiary/aromatic N) is 1. The zero-order valence-electron chi connectivity index (χ0n) is 9.47. The van der Waals surface area contributed by atoms with Gasteiger partial charge in [0.2, 0.25) is 0 Å². The summed E-state index contributed by atoms with van der Waals surface area (Å²) in [7, 11) is 0. The van der Waals surface area contributed by atoms with E-state index in [0.717, 1.165) is 44.1 Å². The highest BCUT2D eigenvalue weighted by atomic mass is 14.3. The van der Waals surface area contributed by atoms with Gasteiger partial charge in [-0.15, -0.1) is 6.58 Å². The first-order valence-corrected chi connectivity index (χ1v) is 5.51. The molecule has 1 heteroatoms. The van der Waals surface area contributed by atoms with Crippen molar-refractivity contribution >= 4 is 0 Å². The number of hydrogen-bond acceptors (Lipinski definition) is 1. The van der Waals surface area contributed by atoms with Crippen LogP contribution in [0, 0.1) is 11.3 Å². The summed E-state index contributed by atoms with van der Waals surface area (Å²) in [6, 6.07) is 2.34. The van der Waals surface area contributed by atoms with Crippen LogP contribution in [0.15, 0.2) is 23.8 Å². The molecule has 0 spiro atoms. The van der Waals surface area contributed by atoms with E-state index in [1.54, 1.807) is 0 Å². The molecule has 14 heavy (non-hydrogen) atoms. The van der Waals surface area contributed by atoms with Gasteiger partial charge in [-0.05, 0) is 25.7 Å². The highest BCUT2D eigenvalue weighted by Crippen LogP contribution is 2.20. The summed E-state index contributed by atoms with van der Waals surface area (Å²) >= 11 is 0. The van der Waals surface area contributed by atoms with E-state index in [1.807, 2.05) is 6.08 Å². The molecule has 0 radical (unpaired) electrons. The van der Waals surface area contributed by atoms with Crippen molar-refractivity contribution in [3.05, 3.63) is 23.8 Å². The molecule has 0 saturated carbocycles. The Labute approximate surface area is 88.1 Å². The first-order valence-electron chi connectivity index (χ1n) is 5.51.